The zero-order valence-corrected chi connectivity index (χ0v) is 12.2. The van der Waals surface area contributed by atoms with E-state index in [0.29, 0.717) is 18.9 Å². The normalized spacial score (nSPS) is 19.0. The van der Waals surface area contributed by atoms with Crippen LogP contribution in [0.4, 0.5) is 0 Å². The molecule has 5 heteroatoms. The molecule has 0 N–H and O–H groups in total. The molecule has 20 heavy (non-hydrogen) atoms. The summed E-state index contributed by atoms with van der Waals surface area (Å²) in [6, 6.07) is 4.19. The Bertz CT molecular complexity index is 450. The van der Waals surface area contributed by atoms with Gasteiger partial charge in [0.1, 0.15) is 0 Å². The van der Waals surface area contributed by atoms with Crippen LogP contribution in [-0.2, 0) is 16.1 Å². The quantitative estimate of drug-likeness (QED) is 0.745. The van der Waals surface area contributed by atoms with Gasteiger partial charge < -0.3 is 9.47 Å². The summed E-state index contributed by atoms with van der Waals surface area (Å²) in [5, 5.41) is 0. The Morgan fingerprint density at radius 1 is 1.55 bits per heavy atom. The molecule has 0 aliphatic carbocycles. The van der Waals surface area contributed by atoms with E-state index < -0.39 is 0 Å². The van der Waals surface area contributed by atoms with Crippen molar-refractivity contribution in [2.45, 2.75) is 38.8 Å². The molecule has 1 fully saturated rings. The maximum Gasteiger partial charge on any atom is 0.307 e. The molecule has 1 aromatic heterocycles. The van der Waals surface area contributed by atoms with Crippen LogP contribution in [0.2, 0.25) is 0 Å². The molecule has 1 atom stereocenters. The molecule has 0 amide bonds. The van der Waals surface area contributed by atoms with Gasteiger partial charge in [0.05, 0.1) is 20.1 Å². The molecule has 1 aliphatic rings. The van der Waals surface area contributed by atoms with E-state index in [1.807, 2.05) is 19.1 Å². The molecule has 2 heterocycles. The number of likely N-dealkylation sites (tertiary alicyclic amines) is 1. The van der Waals surface area contributed by atoms with E-state index in [9.17, 15) is 4.79 Å². The first-order valence-corrected chi connectivity index (χ1v) is 7.12. The average Bonchev–Trinajstić information content (AvgIpc) is 2.87. The van der Waals surface area contributed by atoms with Gasteiger partial charge in [0, 0.05) is 24.3 Å². The summed E-state index contributed by atoms with van der Waals surface area (Å²) in [6.07, 6.45) is 4.35. The predicted molar refractivity (Wildman–Crippen MR) is 75.5 cm³/mol. The Balaban J connectivity index is 1.98. The van der Waals surface area contributed by atoms with Crippen LogP contribution in [-0.4, -0.2) is 42.2 Å². The Morgan fingerprint density at radius 2 is 2.40 bits per heavy atom. The Labute approximate surface area is 119 Å². The smallest absolute Gasteiger partial charge is 0.307 e. The van der Waals surface area contributed by atoms with Gasteiger partial charge in [0.2, 0.25) is 5.88 Å². The standard InChI is InChI=1S/C15H22N2O3/c1-3-20-14(18)10-13-7-5-9-17(13)11-12-6-4-8-16-15(12)19-2/h4,6,8,13H,3,5,7,9-11H2,1-2H3/t13-/m1/s1. The van der Waals surface area contributed by atoms with Crippen LogP contribution >= 0.6 is 0 Å². The highest BCUT2D eigenvalue weighted by Gasteiger charge is 2.27. The number of esters is 1. The first kappa shape index (κ1) is 14.8. The predicted octanol–water partition coefficient (Wildman–Crippen LogP) is 2.01. The van der Waals surface area contributed by atoms with Gasteiger partial charge in [-0.2, -0.15) is 0 Å². The van der Waals surface area contributed by atoms with Crippen LogP contribution in [0, 0.1) is 0 Å². The van der Waals surface area contributed by atoms with Gasteiger partial charge in [-0.15, -0.1) is 0 Å². The van der Waals surface area contributed by atoms with Gasteiger partial charge >= 0.3 is 5.97 Å². The first-order chi connectivity index (χ1) is 9.74. The van der Waals surface area contributed by atoms with E-state index in [1.165, 1.54) is 0 Å². The zero-order chi connectivity index (χ0) is 14.4. The van der Waals surface area contributed by atoms with Gasteiger partial charge in [-0.3, -0.25) is 9.69 Å². The molecular formula is C15H22N2O3. The van der Waals surface area contributed by atoms with E-state index in [-0.39, 0.29) is 12.0 Å². The van der Waals surface area contributed by atoms with E-state index in [4.69, 9.17) is 9.47 Å². The van der Waals surface area contributed by atoms with Crippen molar-refractivity contribution in [3.8, 4) is 5.88 Å². The van der Waals surface area contributed by atoms with E-state index in [0.717, 1.165) is 31.5 Å². The van der Waals surface area contributed by atoms with Crippen LogP contribution in [0.1, 0.15) is 31.7 Å². The van der Waals surface area contributed by atoms with Crippen molar-refractivity contribution in [2.75, 3.05) is 20.3 Å². The highest BCUT2D eigenvalue weighted by Crippen LogP contribution is 2.25. The van der Waals surface area contributed by atoms with Crippen LogP contribution in [0.15, 0.2) is 18.3 Å². The second-order valence-electron chi connectivity index (χ2n) is 4.95. The Kier molecular flexibility index (Phi) is 5.35. The fourth-order valence-corrected chi connectivity index (χ4v) is 2.69. The highest BCUT2D eigenvalue weighted by molar-refractivity contribution is 5.70. The molecule has 110 valence electrons. The topological polar surface area (TPSA) is 51.7 Å². The van der Waals surface area contributed by atoms with Crippen molar-refractivity contribution < 1.29 is 14.3 Å². The fraction of sp³-hybridized carbons (Fsp3) is 0.600. The highest BCUT2D eigenvalue weighted by atomic mass is 16.5. The van der Waals surface area contributed by atoms with Gasteiger partial charge in [-0.05, 0) is 32.4 Å². The number of hydrogen-bond donors (Lipinski definition) is 0. The molecule has 1 aromatic rings. The second kappa shape index (κ2) is 7.24. The molecule has 0 unspecified atom stereocenters. The number of rotatable bonds is 6. The Hall–Kier alpha value is -1.62. The van der Waals surface area contributed by atoms with Crippen LogP contribution in [0.25, 0.3) is 0 Å². The molecular weight excluding hydrogens is 256 g/mol. The lowest BCUT2D eigenvalue weighted by Gasteiger charge is -2.24. The van der Waals surface area contributed by atoms with Gasteiger partial charge in [-0.1, -0.05) is 6.07 Å². The van der Waals surface area contributed by atoms with E-state index >= 15 is 0 Å². The summed E-state index contributed by atoms with van der Waals surface area (Å²) >= 11 is 0. The molecule has 1 aliphatic heterocycles. The maximum atomic E-state index is 11.6. The number of carbonyl (C=O) groups excluding carboxylic acids is 1. The van der Waals surface area contributed by atoms with Crippen LogP contribution in [0.5, 0.6) is 5.88 Å². The van der Waals surface area contributed by atoms with Gasteiger partial charge in [0.25, 0.3) is 0 Å². The van der Waals surface area contributed by atoms with Crippen LogP contribution in [0.3, 0.4) is 0 Å². The van der Waals surface area contributed by atoms with Crippen molar-refractivity contribution in [1.29, 1.82) is 0 Å². The lowest BCUT2D eigenvalue weighted by molar-refractivity contribution is -0.144. The summed E-state index contributed by atoms with van der Waals surface area (Å²) in [5.41, 5.74) is 1.06. The average molecular weight is 278 g/mol. The molecule has 0 saturated carbocycles. The maximum absolute atomic E-state index is 11.6. The number of hydrogen-bond acceptors (Lipinski definition) is 5. The third-order valence-corrected chi connectivity index (χ3v) is 3.62. The number of pyridine rings is 1. The van der Waals surface area contributed by atoms with Crippen molar-refractivity contribution >= 4 is 5.97 Å². The first-order valence-electron chi connectivity index (χ1n) is 7.12. The van der Waals surface area contributed by atoms with Crippen molar-refractivity contribution in [2.24, 2.45) is 0 Å². The SMILES string of the molecule is CCOC(=O)C[C@H]1CCCN1Cc1cccnc1OC. The van der Waals surface area contributed by atoms with E-state index in [2.05, 4.69) is 9.88 Å². The molecule has 0 spiro atoms. The molecule has 0 radical (unpaired) electrons. The number of methoxy groups -OCH3 is 1. The third-order valence-electron chi connectivity index (χ3n) is 3.62. The largest absolute Gasteiger partial charge is 0.481 e. The number of carbonyl (C=O) groups is 1. The summed E-state index contributed by atoms with van der Waals surface area (Å²) in [4.78, 5) is 18.2. The van der Waals surface area contributed by atoms with E-state index in [1.54, 1.807) is 13.3 Å². The minimum atomic E-state index is -0.109. The third kappa shape index (κ3) is 3.70. The minimum absolute atomic E-state index is 0.109. The molecule has 5 nitrogen and oxygen atoms in total. The zero-order valence-electron chi connectivity index (χ0n) is 12.2. The monoisotopic (exact) mass is 278 g/mol. The lowest BCUT2D eigenvalue weighted by atomic mass is 10.1. The van der Waals surface area contributed by atoms with Crippen molar-refractivity contribution in [3.05, 3.63) is 23.9 Å². The fourth-order valence-electron chi connectivity index (χ4n) is 2.69. The van der Waals surface area contributed by atoms with Crippen molar-refractivity contribution in [3.63, 3.8) is 0 Å². The van der Waals surface area contributed by atoms with Gasteiger partial charge in [0.15, 0.2) is 0 Å². The molecule has 0 bridgehead atoms. The molecule has 1 saturated heterocycles. The summed E-state index contributed by atoms with van der Waals surface area (Å²) < 4.78 is 10.3. The molecule has 2 rings (SSSR count). The number of aromatic nitrogens is 1. The molecule has 0 aromatic carbocycles. The second-order valence-corrected chi connectivity index (χ2v) is 4.95. The minimum Gasteiger partial charge on any atom is -0.481 e. The summed E-state index contributed by atoms with van der Waals surface area (Å²) in [7, 11) is 1.63. The van der Waals surface area contributed by atoms with Crippen LogP contribution < -0.4 is 4.74 Å². The van der Waals surface area contributed by atoms with Crippen molar-refractivity contribution in [1.82, 2.24) is 9.88 Å². The number of ether oxygens (including phenoxy) is 2. The Morgan fingerprint density at radius 3 is 3.15 bits per heavy atom. The summed E-state index contributed by atoms with van der Waals surface area (Å²) in [5.74, 6) is 0.553. The summed E-state index contributed by atoms with van der Waals surface area (Å²) in [6.45, 7) is 4.05. The van der Waals surface area contributed by atoms with Gasteiger partial charge in [-0.25, -0.2) is 4.98 Å². The lowest BCUT2D eigenvalue weighted by Crippen LogP contribution is -2.31. The number of nitrogens with zero attached hydrogens (tertiary/aromatic N) is 2.